The van der Waals surface area contributed by atoms with Crippen molar-refractivity contribution in [1.82, 2.24) is 0 Å². The van der Waals surface area contributed by atoms with Crippen LogP contribution in [0, 0.1) is 0 Å². The number of hydrogen-bond acceptors (Lipinski definition) is 2. The van der Waals surface area contributed by atoms with Gasteiger partial charge in [0.1, 0.15) is 11.3 Å². The van der Waals surface area contributed by atoms with Crippen LogP contribution in [0.25, 0.3) is 5.03 Å². The van der Waals surface area contributed by atoms with Gasteiger partial charge in [0.2, 0.25) is 6.10 Å². The van der Waals surface area contributed by atoms with Gasteiger partial charge in [0, 0.05) is 10.6 Å². The second-order valence-corrected chi connectivity index (χ2v) is 5.88. The van der Waals surface area contributed by atoms with E-state index < -0.39 is 28.9 Å². The van der Waals surface area contributed by atoms with Gasteiger partial charge in [-0.15, -0.1) is 0 Å². The zero-order valence-corrected chi connectivity index (χ0v) is 13.0. The molecule has 2 rings (SSSR count). The van der Waals surface area contributed by atoms with Crippen molar-refractivity contribution >= 4 is 34.2 Å². The van der Waals surface area contributed by atoms with Crippen LogP contribution in [0.5, 0.6) is 5.75 Å². The third kappa shape index (κ3) is 2.90. The maximum absolute atomic E-state index is 13.1. The monoisotopic (exact) mass is 354 g/mol. The molecule has 1 N–H and O–H groups in total. The van der Waals surface area contributed by atoms with Gasteiger partial charge in [0.15, 0.2) is 0 Å². The van der Waals surface area contributed by atoms with Crippen molar-refractivity contribution in [1.29, 1.82) is 0 Å². The number of hydrogen-bond donors (Lipinski definition) is 1. The van der Waals surface area contributed by atoms with Gasteiger partial charge >= 0.3 is 12.1 Å². The summed E-state index contributed by atoms with van der Waals surface area (Å²) < 4.78 is 44.0. The van der Waals surface area contributed by atoms with Gasteiger partial charge in [0.05, 0.1) is 5.03 Å². The normalized spacial score (nSPS) is 18.3. The molecule has 1 aromatic carbocycles. The minimum Gasteiger partial charge on any atom is -0.478 e. The summed E-state index contributed by atoms with van der Waals surface area (Å²) in [4.78, 5) is 11.1. The summed E-state index contributed by atoms with van der Waals surface area (Å²) in [7, 11) is 0. The van der Waals surface area contributed by atoms with Crippen molar-refractivity contribution < 1.29 is 27.8 Å². The Morgan fingerprint density at radius 3 is 2.36 bits per heavy atom. The van der Waals surface area contributed by atoms with Crippen LogP contribution in [0.15, 0.2) is 17.7 Å². The van der Waals surface area contributed by atoms with E-state index in [2.05, 4.69) is 0 Å². The van der Waals surface area contributed by atoms with Crippen molar-refractivity contribution in [2.24, 2.45) is 0 Å². The van der Waals surface area contributed by atoms with Crippen molar-refractivity contribution in [3.05, 3.63) is 33.9 Å². The fourth-order valence-electron chi connectivity index (χ4n) is 2.16. The van der Waals surface area contributed by atoms with Gasteiger partial charge in [0.25, 0.3) is 0 Å². The molecule has 1 unspecified atom stereocenters. The summed E-state index contributed by atoms with van der Waals surface area (Å²) in [5, 5.41) is 8.79. The molecule has 0 fully saturated rings. The molecule has 0 radical (unpaired) electrons. The number of ether oxygens (including phenoxy) is 1. The van der Waals surface area contributed by atoms with Crippen LogP contribution in [0.1, 0.15) is 30.9 Å². The molecule has 1 aliphatic heterocycles. The van der Waals surface area contributed by atoms with Crippen LogP contribution in [0.4, 0.5) is 13.2 Å². The molecule has 0 aliphatic carbocycles. The number of fused-ring (bicyclic) bond motifs is 1. The molecule has 1 atom stereocenters. The minimum absolute atomic E-state index is 0.0361. The molecule has 3 nitrogen and oxygen atoms in total. The number of aliphatic carboxylic acids is 1. The van der Waals surface area contributed by atoms with Gasteiger partial charge < -0.3 is 9.84 Å². The average Bonchev–Trinajstić information content (AvgIpc) is 2.36. The zero-order valence-electron chi connectivity index (χ0n) is 11.5. The number of halogens is 5. The van der Waals surface area contributed by atoms with Crippen molar-refractivity contribution in [3.63, 3.8) is 0 Å². The molecule has 1 heterocycles. The summed E-state index contributed by atoms with van der Waals surface area (Å²) in [5.41, 5.74) is -0.423. The first-order valence-electron chi connectivity index (χ1n) is 6.24. The highest BCUT2D eigenvalue weighted by Gasteiger charge is 2.50. The quantitative estimate of drug-likeness (QED) is 0.827. The van der Waals surface area contributed by atoms with Gasteiger partial charge in [-0.1, -0.05) is 37.0 Å². The lowest BCUT2D eigenvalue weighted by Crippen LogP contribution is -2.41. The molecule has 120 valence electrons. The van der Waals surface area contributed by atoms with Gasteiger partial charge in [-0.25, -0.2) is 4.79 Å². The molecule has 0 saturated heterocycles. The lowest BCUT2D eigenvalue weighted by molar-refractivity contribution is -0.187. The SMILES string of the molecule is CC(C)c1cc2c(cc1Cl)C(Cl)=C(C(=O)O)C(C(F)(F)F)O2. The minimum atomic E-state index is -4.90. The van der Waals surface area contributed by atoms with E-state index in [4.69, 9.17) is 33.0 Å². The zero-order chi connectivity index (χ0) is 16.8. The van der Waals surface area contributed by atoms with Crippen LogP contribution in [0.3, 0.4) is 0 Å². The van der Waals surface area contributed by atoms with Gasteiger partial charge in [-0.2, -0.15) is 13.2 Å². The summed E-state index contributed by atoms with van der Waals surface area (Å²) in [6.07, 6.45) is -7.52. The number of benzene rings is 1. The third-order valence-electron chi connectivity index (χ3n) is 3.23. The Kier molecular flexibility index (Phi) is 4.37. The van der Waals surface area contributed by atoms with E-state index in [0.717, 1.165) is 0 Å². The topological polar surface area (TPSA) is 46.5 Å². The Morgan fingerprint density at radius 2 is 1.91 bits per heavy atom. The van der Waals surface area contributed by atoms with Crippen LogP contribution < -0.4 is 4.74 Å². The standard InChI is InChI=1S/C14H11Cl2F3O3/c1-5(2)6-4-9-7(3-8(6)15)11(16)10(13(20)21)12(22-9)14(17,18)19/h3-5,12H,1-2H3,(H,20,21). The number of carboxylic acids is 1. The molecule has 0 bridgehead atoms. The molecular formula is C14H11Cl2F3O3. The second-order valence-electron chi connectivity index (χ2n) is 5.10. The first-order valence-corrected chi connectivity index (χ1v) is 6.99. The first-order chi connectivity index (χ1) is 10.0. The van der Waals surface area contributed by atoms with Gasteiger partial charge in [-0.05, 0) is 23.6 Å². The van der Waals surface area contributed by atoms with Crippen LogP contribution in [0.2, 0.25) is 5.02 Å². The summed E-state index contributed by atoms with van der Waals surface area (Å²) in [6.45, 7) is 3.63. The van der Waals surface area contributed by atoms with E-state index in [9.17, 15) is 18.0 Å². The van der Waals surface area contributed by atoms with E-state index >= 15 is 0 Å². The molecule has 1 aliphatic rings. The predicted octanol–water partition coefficient (Wildman–Crippen LogP) is 4.82. The summed E-state index contributed by atoms with van der Waals surface area (Å²) in [6, 6.07) is 2.69. The number of carbonyl (C=O) groups is 1. The molecule has 8 heteroatoms. The number of carboxylic acid groups (broad SMARTS) is 1. The molecule has 22 heavy (non-hydrogen) atoms. The summed E-state index contributed by atoms with van der Waals surface area (Å²) in [5.74, 6) is -1.97. The van der Waals surface area contributed by atoms with Crippen molar-refractivity contribution in [3.8, 4) is 5.75 Å². The lowest BCUT2D eigenvalue weighted by atomic mass is 9.96. The molecule has 1 aromatic rings. The second kappa shape index (κ2) is 5.66. The Balaban J connectivity index is 2.70. The average molecular weight is 355 g/mol. The number of rotatable bonds is 2. The van der Waals surface area contributed by atoms with E-state index in [0.29, 0.717) is 5.56 Å². The highest BCUT2D eigenvalue weighted by atomic mass is 35.5. The van der Waals surface area contributed by atoms with E-state index in [1.165, 1.54) is 12.1 Å². The summed E-state index contributed by atoms with van der Waals surface area (Å²) >= 11 is 11.9. The predicted molar refractivity (Wildman–Crippen MR) is 76.4 cm³/mol. The fourth-order valence-corrected chi connectivity index (χ4v) is 2.87. The highest BCUT2D eigenvalue weighted by Crippen LogP contribution is 2.45. The largest absolute Gasteiger partial charge is 0.478 e. The third-order valence-corrected chi connectivity index (χ3v) is 3.96. The van der Waals surface area contributed by atoms with Crippen LogP contribution in [-0.4, -0.2) is 23.4 Å². The molecule has 0 amide bonds. The van der Waals surface area contributed by atoms with E-state index in [1.807, 2.05) is 13.8 Å². The van der Waals surface area contributed by atoms with Crippen LogP contribution >= 0.6 is 23.2 Å². The van der Waals surface area contributed by atoms with Crippen LogP contribution in [-0.2, 0) is 4.79 Å². The lowest BCUT2D eigenvalue weighted by Gasteiger charge is -2.29. The van der Waals surface area contributed by atoms with Gasteiger partial charge in [-0.3, -0.25) is 0 Å². The number of alkyl halides is 3. The molecule has 0 saturated carbocycles. The maximum Gasteiger partial charge on any atom is 0.430 e. The van der Waals surface area contributed by atoms with Crippen molar-refractivity contribution in [2.45, 2.75) is 32.0 Å². The molecule has 0 spiro atoms. The maximum atomic E-state index is 13.1. The Morgan fingerprint density at radius 1 is 1.32 bits per heavy atom. The Bertz CT molecular complexity index is 666. The Labute approximate surface area is 134 Å². The highest BCUT2D eigenvalue weighted by molar-refractivity contribution is 6.51. The molecule has 0 aromatic heterocycles. The van der Waals surface area contributed by atoms with E-state index in [-0.39, 0.29) is 22.3 Å². The molecular weight excluding hydrogens is 344 g/mol. The fraction of sp³-hybridized carbons (Fsp3) is 0.357. The van der Waals surface area contributed by atoms with E-state index in [1.54, 1.807) is 0 Å². The first kappa shape index (κ1) is 17.0. The Hall–Kier alpha value is -1.40. The smallest absolute Gasteiger partial charge is 0.430 e. The van der Waals surface area contributed by atoms with Crippen molar-refractivity contribution in [2.75, 3.05) is 0 Å².